The molecule has 1 aliphatic heterocycles. The van der Waals surface area contributed by atoms with E-state index in [1.54, 1.807) is 6.92 Å². The van der Waals surface area contributed by atoms with E-state index >= 15 is 0 Å². The maximum atomic E-state index is 12.5. The number of ketones is 1. The molecule has 0 radical (unpaired) electrons. The topological polar surface area (TPSA) is 132 Å². The smallest absolute Gasteiger partial charge is 0.336 e. The lowest BCUT2D eigenvalue weighted by atomic mass is 9.82. The number of carbonyl (C=O) groups excluding carboxylic acids is 2. The molecule has 0 unspecified atom stereocenters. The Kier molecular flexibility index (Phi) is 5.04. The highest BCUT2D eigenvalue weighted by molar-refractivity contribution is 6.09. The number of phenols is 2. The van der Waals surface area contributed by atoms with Crippen LogP contribution in [0.5, 0.6) is 28.7 Å². The Morgan fingerprint density at radius 2 is 1.69 bits per heavy atom. The van der Waals surface area contributed by atoms with Crippen molar-refractivity contribution >= 4 is 22.7 Å². The SMILES string of the molecule is COc1cc([C@H]2CC(=O)Oc3c(C(C)=O)c(O)c4c(C)cc(=O)oc4c32)cc(OC)c1O. The Labute approximate surface area is 181 Å². The number of aryl methyl sites for hydroxylation is 1. The van der Waals surface area contributed by atoms with E-state index in [-0.39, 0.29) is 51.5 Å². The minimum atomic E-state index is -0.749. The summed E-state index contributed by atoms with van der Waals surface area (Å²) in [6, 6.07) is 4.24. The maximum Gasteiger partial charge on any atom is 0.336 e. The Bertz CT molecular complexity index is 1330. The zero-order valence-corrected chi connectivity index (χ0v) is 17.8. The van der Waals surface area contributed by atoms with Crippen LogP contribution in [-0.4, -0.2) is 36.2 Å². The molecule has 1 aromatic heterocycles. The highest BCUT2D eigenvalue weighted by atomic mass is 16.5. The van der Waals surface area contributed by atoms with Gasteiger partial charge in [-0.25, -0.2) is 4.79 Å². The average molecular weight is 440 g/mol. The van der Waals surface area contributed by atoms with Gasteiger partial charge in [0.25, 0.3) is 0 Å². The summed E-state index contributed by atoms with van der Waals surface area (Å²) in [5.74, 6) is -2.53. The number of fused-ring (bicyclic) bond motifs is 3. The summed E-state index contributed by atoms with van der Waals surface area (Å²) in [6.07, 6.45) is -0.154. The van der Waals surface area contributed by atoms with E-state index in [0.29, 0.717) is 11.1 Å². The molecule has 0 saturated heterocycles. The van der Waals surface area contributed by atoms with Gasteiger partial charge < -0.3 is 28.8 Å². The third-order valence-corrected chi connectivity index (χ3v) is 5.54. The van der Waals surface area contributed by atoms with E-state index in [2.05, 4.69) is 0 Å². The lowest BCUT2D eigenvalue weighted by Crippen LogP contribution is -2.24. The number of esters is 1. The second-order valence-electron chi connectivity index (χ2n) is 7.48. The molecule has 3 aromatic rings. The molecular weight excluding hydrogens is 420 g/mol. The lowest BCUT2D eigenvalue weighted by Gasteiger charge is -2.28. The van der Waals surface area contributed by atoms with Gasteiger partial charge in [0.2, 0.25) is 5.75 Å². The molecule has 4 rings (SSSR count). The summed E-state index contributed by atoms with van der Waals surface area (Å²) < 4.78 is 21.3. The number of carbonyl (C=O) groups is 2. The number of hydrogen-bond acceptors (Lipinski definition) is 9. The number of rotatable bonds is 4. The second kappa shape index (κ2) is 7.60. The highest BCUT2D eigenvalue weighted by Gasteiger charge is 2.38. The third kappa shape index (κ3) is 3.13. The number of Topliss-reactive ketones (excluding diaryl/α,β-unsaturated/α-hetero) is 1. The first-order valence-electron chi connectivity index (χ1n) is 9.67. The van der Waals surface area contributed by atoms with Crippen molar-refractivity contribution in [3.05, 3.63) is 50.9 Å². The van der Waals surface area contributed by atoms with Crippen LogP contribution in [0.1, 0.15) is 46.3 Å². The summed E-state index contributed by atoms with van der Waals surface area (Å²) in [5.41, 5.74) is 0.314. The summed E-state index contributed by atoms with van der Waals surface area (Å²) in [5, 5.41) is 21.3. The van der Waals surface area contributed by atoms with Crippen LogP contribution in [0.2, 0.25) is 0 Å². The highest BCUT2D eigenvalue weighted by Crippen LogP contribution is 2.51. The Hall–Kier alpha value is -4.01. The van der Waals surface area contributed by atoms with E-state index in [9.17, 15) is 24.6 Å². The number of methoxy groups -OCH3 is 2. The number of aromatic hydroxyl groups is 2. The molecule has 0 bridgehead atoms. The van der Waals surface area contributed by atoms with Gasteiger partial charge in [0, 0.05) is 17.5 Å². The maximum absolute atomic E-state index is 12.5. The van der Waals surface area contributed by atoms with Crippen LogP contribution in [0, 0.1) is 6.92 Å². The first-order chi connectivity index (χ1) is 15.2. The van der Waals surface area contributed by atoms with Crippen molar-refractivity contribution < 1.29 is 38.4 Å². The fourth-order valence-electron chi connectivity index (χ4n) is 4.14. The third-order valence-electron chi connectivity index (χ3n) is 5.54. The predicted molar refractivity (Wildman–Crippen MR) is 112 cm³/mol. The fourth-order valence-corrected chi connectivity index (χ4v) is 4.14. The fraction of sp³-hybridized carbons (Fsp3) is 0.261. The molecule has 32 heavy (non-hydrogen) atoms. The molecule has 0 amide bonds. The molecule has 2 N–H and O–H groups in total. The lowest BCUT2D eigenvalue weighted by molar-refractivity contribution is -0.135. The quantitative estimate of drug-likeness (QED) is 0.272. The van der Waals surface area contributed by atoms with Crippen molar-refractivity contribution in [2.45, 2.75) is 26.2 Å². The van der Waals surface area contributed by atoms with Crippen molar-refractivity contribution in [1.29, 1.82) is 0 Å². The molecule has 2 aromatic carbocycles. The summed E-state index contributed by atoms with van der Waals surface area (Å²) in [4.78, 5) is 37.1. The predicted octanol–water partition coefficient (Wildman–Crippen LogP) is 3.17. The van der Waals surface area contributed by atoms with Crippen molar-refractivity contribution in [2.75, 3.05) is 14.2 Å². The first-order valence-corrected chi connectivity index (χ1v) is 9.67. The van der Waals surface area contributed by atoms with E-state index in [4.69, 9.17) is 18.6 Å². The number of hydrogen-bond donors (Lipinski definition) is 2. The Morgan fingerprint density at radius 3 is 2.25 bits per heavy atom. The Balaban J connectivity index is 2.16. The van der Waals surface area contributed by atoms with Gasteiger partial charge in [0.1, 0.15) is 16.9 Å². The van der Waals surface area contributed by atoms with Crippen LogP contribution in [-0.2, 0) is 4.79 Å². The normalized spacial score (nSPS) is 15.2. The molecular formula is C23H20O9. The second-order valence-corrected chi connectivity index (χ2v) is 7.48. The number of phenolic OH excluding ortho intramolecular Hbond substituents is 2. The van der Waals surface area contributed by atoms with Crippen LogP contribution in [0.15, 0.2) is 27.4 Å². The molecule has 2 heterocycles. The van der Waals surface area contributed by atoms with Crippen LogP contribution < -0.4 is 19.8 Å². The van der Waals surface area contributed by atoms with Crippen LogP contribution in [0.4, 0.5) is 0 Å². The van der Waals surface area contributed by atoms with E-state index in [1.165, 1.54) is 39.3 Å². The van der Waals surface area contributed by atoms with Crippen LogP contribution >= 0.6 is 0 Å². The molecule has 0 aliphatic carbocycles. The minimum Gasteiger partial charge on any atom is -0.506 e. The van der Waals surface area contributed by atoms with Gasteiger partial charge in [0.05, 0.1) is 26.0 Å². The van der Waals surface area contributed by atoms with Gasteiger partial charge in [-0.15, -0.1) is 0 Å². The molecule has 9 nitrogen and oxygen atoms in total. The van der Waals surface area contributed by atoms with Crippen molar-refractivity contribution in [3.63, 3.8) is 0 Å². The summed E-state index contributed by atoms with van der Waals surface area (Å²) >= 11 is 0. The van der Waals surface area contributed by atoms with Crippen LogP contribution in [0.25, 0.3) is 11.0 Å². The zero-order valence-electron chi connectivity index (χ0n) is 17.8. The van der Waals surface area contributed by atoms with Gasteiger partial charge in [-0.3, -0.25) is 9.59 Å². The summed E-state index contributed by atoms with van der Waals surface area (Å²) in [6.45, 7) is 2.84. The summed E-state index contributed by atoms with van der Waals surface area (Å²) in [7, 11) is 2.73. The largest absolute Gasteiger partial charge is 0.506 e. The molecule has 166 valence electrons. The van der Waals surface area contributed by atoms with Gasteiger partial charge in [-0.2, -0.15) is 0 Å². The molecule has 1 atom stereocenters. The van der Waals surface area contributed by atoms with Gasteiger partial charge >= 0.3 is 11.6 Å². The molecule has 1 aliphatic rings. The zero-order chi connectivity index (χ0) is 23.3. The molecule has 0 spiro atoms. The standard InChI is InChI=1S/C23H20O9/c1-9-5-15(25)31-22-17(9)21(28)18(10(2)24)23-19(22)12(8-16(26)32-23)11-6-13(29-3)20(27)14(7-11)30-4/h5-7,12,27-28H,8H2,1-4H3/t12-/m1/s1. The van der Waals surface area contributed by atoms with Crippen molar-refractivity contribution in [1.82, 2.24) is 0 Å². The van der Waals surface area contributed by atoms with Crippen molar-refractivity contribution in [2.24, 2.45) is 0 Å². The van der Waals surface area contributed by atoms with Gasteiger partial charge in [0.15, 0.2) is 23.0 Å². The molecule has 9 heteroatoms. The monoisotopic (exact) mass is 440 g/mol. The average Bonchev–Trinajstić information content (AvgIpc) is 2.72. The number of benzene rings is 2. The molecule has 0 saturated carbocycles. The van der Waals surface area contributed by atoms with Gasteiger partial charge in [-0.05, 0) is 37.1 Å². The van der Waals surface area contributed by atoms with Gasteiger partial charge in [-0.1, -0.05) is 0 Å². The van der Waals surface area contributed by atoms with Crippen LogP contribution in [0.3, 0.4) is 0 Å². The molecule has 0 fully saturated rings. The van der Waals surface area contributed by atoms with Crippen molar-refractivity contribution in [3.8, 4) is 28.7 Å². The first kappa shape index (κ1) is 21.2. The van der Waals surface area contributed by atoms with E-state index in [1.807, 2.05) is 0 Å². The van der Waals surface area contributed by atoms with E-state index in [0.717, 1.165) is 0 Å². The van der Waals surface area contributed by atoms with E-state index < -0.39 is 29.0 Å². The minimum absolute atomic E-state index is 0.0102. The number of ether oxygens (including phenoxy) is 3. The Morgan fingerprint density at radius 1 is 1.06 bits per heavy atom.